The number of nitrogens with zero attached hydrogens (tertiary/aromatic N) is 2. The first-order valence-corrected chi connectivity index (χ1v) is 9.08. The van der Waals surface area contributed by atoms with Crippen molar-refractivity contribution in [2.45, 2.75) is 39.3 Å². The first kappa shape index (κ1) is 15.3. The maximum Gasteiger partial charge on any atom is 0.111 e. The molecule has 1 N–H and O–H groups in total. The van der Waals surface area contributed by atoms with E-state index in [0.717, 1.165) is 13.1 Å². The zero-order valence-electron chi connectivity index (χ0n) is 12.4. The van der Waals surface area contributed by atoms with E-state index in [4.69, 9.17) is 4.98 Å². The summed E-state index contributed by atoms with van der Waals surface area (Å²) in [6.07, 6.45) is 0. The van der Waals surface area contributed by atoms with E-state index in [0.29, 0.717) is 12.0 Å². The number of nitrogens with one attached hydrogen (secondary N) is 1. The van der Waals surface area contributed by atoms with E-state index in [-0.39, 0.29) is 0 Å². The van der Waals surface area contributed by atoms with Crippen molar-refractivity contribution in [1.82, 2.24) is 15.2 Å². The van der Waals surface area contributed by atoms with Crippen LogP contribution in [-0.4, -0.2) is 41.5 Å². The normalized spacial score (nSPS) is 21.2. The molecule has 3 nitrogen and oxygen atoms in total. The number of thioether (sulfide) groups is 1. The van der Waals surface area contributed by atoms with Gasteiger partial charge in [-0.05, 0) is 19.5 Å². The Labute approximate surface area is 125 Å². The fraction of sp³-hybridized carbons (Fsp3) is 0.786. The number of aromatic nitrogens is 1. The number of thiazole rings is 1. The van der Waals surface area contributed by atoms with Crippen molar-refractivity contribution in [1.29, 1.82) is 0 Å². The summed E-state index contributed by atoms with van der Waals surface area (Å²) in [4.78, 5) is 8.84. The van der Waals surface area contributed by atoms with Gasteiger partial charge in [0.25, 0.3) is 0 Å². The first-order valence-electron chi connectivity index (χ1n) is 7.11. The second-order valence-corrected chi connectivity index (χ2v) is 7.63. The summed E-state index contributed by atoms with van der Waals surface area (Å²) >= 11 is 3.96. The smallest absolute Gasteiger partial charge is 0.111 e. The monoisotopic (exact) mass is 299 g/mol. The Morgan fingerprint density at radius 2 is 2.26 bits per heavy atom. The lowest BCUT2D eigenvalue weighted by atomic mass is 10.1. The molecule has 1 unspecified atom stereocenters. The van der Waals surface area contributed by atoms with Crippen LogP contribution in [0.15, 0.2) is 0 Å². The molecule has 1 aromatic heterocycles. The van der Waals surface area contributed by atoms with Gasteiger partial charge < -0.3 is 5.32 Å². The van der Waals surface area contributed by atoms with Crippen LogP contribution in [0.5, 0.6) is 0 Å². The maximum atomic E-state index is 4.96. The molecule has 0 saturated carbocycles. The molecule has 0 radical (unpaired) electrons. The van der Waals surface area contributed by atoms with E-state index in [1.807, 2.05) is 11.3 Å². The van der Waals surface area contributed by atoms with E-state index >= 15 is 0 Å². The highest BCUT2D eigenvalue weighted by Crippen LogP contribution is 2.34. The van der Waals surface area contributed by atoms with Gasteiger partial charge in [0, 0.05) is 29.5 Å². The van der Waals surface area contributed by atoms with Crippen LogP contribution in [0, 0.1) is 0 Å². The molecule has 2 rings (SSSR count). The molecule has 0 amide bonds. The third kappa shape index (κ3) is 3.72. The van der Waals surface area contributed by atoms with Crippen LogP contribution in [0.4, 0.5) is 0 Å². The molecular weight excluding hydrogens is 274 g/mol. The van der Waals surface area contributed by atoms with Gasteiger partial charge >= 0.3 is 0 Å². The highest BCUT2D eigenvalue weighted by molar-refractivity contribution is 7.99. The predicted molar refractivity (Wildman–Crippen MR) is 86.3 cm³/mol. The molecule has 108 valence electrons. The van der Waals surface area contributed by atoms with Crippen molar-refractivity contribution in [2.75, 3.05) is 31.6 Å². The third-order valence-electron chi connectivity index (χ3n) is 3.51. The van der Waals surface area contributed by atoms with Crippen molar-refractivity contribution in [3.05, 3.63) is 15.6 Å². The lowest BCUT2D eigenvalue weighted by Gasteiger charge is -2.30. The summed E-state index contributed by atoms with van der Waals surface area (Å²) in [5, 5.41) is 4.75. The van der Waals surface area contributed by atoms with Gasteiger partial charge in [0.1, 0.15) is 5.01 Å². The molecule has 0 bridgehead atoms. The molecule has 1 atom stereocenters. The van der Waals surface area contributed by atoms with Crippen molar-refractivity contribution < 1.29 is 0 Å². The first-order chi connectivity index (χ1) is 9.13. The second-order valence-electron chi connectivity index (χ2n) is 5.37. The average Bonchev–Trinajstić information content (AvgIpc) is 2.81. The number of hydrogen-bond donors (Lipinski definition) is 1. The maximum absolute atomic E-state index is 4.96. The lowest BCUT2D eigenvalue weighted by Crippen LogP contribution is -2.32. The largest absolute Gasteiger partial charge is 0.312 e. The van der Waals surface area contributed by atoms with Gasteiger partial charge in [0.15, 0.2) is 0 Å². The fourth-order valence-electron chi connectivity index (χ4n) is 2.29. The molecule has 0 aliphatic carbocycles. The summed E-state index contributed by atoms with van der Waals surface area (Å²) in [5.74, 6) is 2.95. The van der Waals surface area contributed by atoms with Gasteiger partial charge in [0.2, 0.25) is 0 Å². The van der Waals surface area contributed by atoms with Crippen LogP contribution in [0.2, 0.25) is 0 Å². The molecule has 5 heteroatoms. The number of hydrogen-bond acceptors (Lipinski definition) is 5. The number of rotatable bonds is 5. The van der Waals surface area contributed by atoms with Crippen molar-refractivity contribution in [3.8, 4) is 0 Å². The SMILES string of the molecule is CCNCc1sc(C2CSCCN2C)nc1C(C)C. The van der Waals surface area contributed by atoms with Gasteiger partial charge in [-0.3, -0.25) is 4.90 Å². The van der Waals surface area contributed by atoms with Gasteiger partial charge in [-0.1, -0.05) is 20.8 Å². The Hall–Kier alpha value is -0.100. The Kier molecular flexibility index (Phi) is 5.69. The minimum atomic E-state index is 0.511. The van der Waals surface area contributed by atoms with Gasteiger partial charge in [-0.25, -0.2) is 4.98 Å². The van der Waals surface area contributed by atoms with Crippen molar-refractivity contribution >= 4 is 23.1 Å². The van der Waals surface area contributed by atoms with Gasteiger partial charge in [-0.15, -0.1) is 11.3 Å². The minimum absolute atomic E-state index is 0.511. The van der Waals surface area contributed by atoms with Crippen LogP contribution in [0.1, 0.15) is 48.3 Å². The molecule has 1 fully saturated rings. The molecule has 1 saturated heterocycles. The summed E-state index contributed by atoms with van der Waals surface area (Å²) in [5.41, 5.74) is 1.30. The Balaban J connectivity index is 2.20. The van der Waals surface area contributed by atoms with Crippen molar-refractivity contribution in [2.24, 2.45) is 0 Å². The van der Waals surface area contributed by atoms with Crippen LogP contribution in [0.25, 0.3) is 0 Å². The summed E-state index contributed by atoms with van der Waals surface area (Å²) in [7, 11) is 2.23. The highest BCUT2D eigenvalue weighted by atomic mass is 32.2. The van der Waals surface area contributed by atoms with Crippen LogP contribution < -0.4 is 5.32 Å². The molecule has 1 aliphatic heterocycles. The molecule has 0 aromatic carbocycles. The Morgan fingerprint density at radius 3 is 2.89 bits per heavy atom. The van der Waals surface area contributed by atoms with Crippen molar-refractivity contribution in [3.63, 3.8) is 0 Å². The van der Waals surface area contributed by atoms with E-state index in [1.54, 1.807) is 0 Å². The lowest BCUT2D eigenvalue weighted by molar-refractivity contribution is 0.274. The van der Waals surface area contributed by atoms with Crippen LogP contribution in [0.3, 0.4) is 0 Å². The average molecular weight is 300 g/mol. The topological polar surface area (TPSA) is 28.2 Å². The third-order valence-corrected chi connectivity index (χ3v) is 5.70. The standard InChI is InChI=1S/C14H25N3S2/c1-5-15-8-12-13(10(2)3)16-14(19-12)11-9-18-7-6-17(11)4/h10-11,15H,5-9H2,1-4H3. The molecule has 2 heterocycles. The van der Waals surface area contributed by atoms with Gasteiger partial charge in [-0.2, -0.15) is 11.8 Å². The molecule has 1 aliphatic rings. The summed E-state index contributed by atoms with van der Waals surface area (Å²) in [6.45, 7) is 9.80. The van der Waals surface area contributed by atoms with Gasteiger partial charge in [0.05, 0.1) is 11.7 Å². The second kappa shape index (κ2) is 7.07. The van der Waals surface area contributed by atoms with E-state index in [9.17, 15) is 0 Å². The van der Waals surface area contributed by atoms with E-state index in [2.05, 4.69) is 49.8 Å². The quantitative estimate of drug-likeness (QED) is 0.904. The zero-order chi connectivity index (χ0) is 13.8. The Bertz CT molecular complexity index is 403. The summed E-state index contributed by atoms with van der Waals surface area (Å²) < 4.78 is 0. The van der Waals surface area contributed by atoms with Crippen LogP contribution >= 0.6 is 23.1 Å². The molecule has 19 heavy (non-hydrogen) atoms. The Morgan fingerprint density at radius 1 is 1.47 bits per heavy atom. The van der Waals surface area contributed by atoms with Crippen LogP contribution in [-0.2, 0) is 6.54 Å². The van der Waals surface area contributed by atoms with E-state index in [1.165, 1.54) is 33.6 Å². The predicted octanol–water partition coefficient (Wildman–Crippen LogP) is 3.10. The van der Waals surface area contributed by atoms with E-state index < -0.39 is 0 Å². The zero-order valence-corrected chi connectivity index (χ0v) is 14.0. The minimum Gasteiger partial charge on any atom is -0.312 e. The fourth-order valence-corrected chi connectivity index (χ4v) is 4.97. The summed E-state index contributed by atoms with van der Waals surface area (Å²) in [6, 6.07) is 0.511. The molecular formula is C14H25N3S2. The molecule has 1 aromatic rings. The highest BCUT2D eigenvalue weighted by Gasteiger charge is 2.26. The molecule has 0 spiro atoms.